The van der Waals surface area contributed by atoms with Gasteiger partial charge in [-0.15, -0.1) is 0 Å². The lowest BCUT2D eigenvalue weighted by molar-refractivity contribution is 0.0827. The summed E-state index contributed by atoms with van der Waals surface area (Å²) in [5, 5.41) is 6.99. The van der Waals surface area contributed by atoms with Crippen LogP contribution in [0.15, 0.2) is 47.1 Å². The molecule has 2 aromatic heterocycles. The third kappa shape index (κ3) is 4.61. The van der Waals surface area contributed by atoms with E-state index in [4.69, 9.17) is 4.52 Å². The van der Waals surface area contributed by atoms with Gasteiger partial charge in [-0.1, -0.05) is 17.3 Å². The fourth-order valence-corrected chi connectivity index (χ4v) is 3.67. The fourth-order valence-electron chi connectivity index (χ4n) is 3.67. The number of carbonyl (C=O) groups is 2. The minimum Gasteiger partial charge on any atom is -0.345 e. The summed E-state index contributed by atoms with van der Waals surface area (Å²) >= 11 is 0. The highest BCUT2D eigenvalue weighted by atomic mass is 16.5. The van der Waals surface area contributed by atoms with E-state index in [1.165, 1.54) is 4.90 Å². The van der Waals surface area contributed by atoms with Crippen LogP contribution in [0.2, 0.25) is 0 Å². The second-order valence-corrected chi connectivity index (χ2v) is 8.09. The van der Waals surface area contributed by atoms with Crippen molar-refractivity contribution in [1.29, 1.82) is 0 Å². The second-order valence-electron chi connectivity index (χ2n) is 8.09. The van der Waals surface area contributed by atoms with E-state index in [0.717, 1.165) is 18.4 Å². The smallest absolute Gasteiger partial charge is 0.321 e. The third-order valence-electron chi connectivity index (χ3n) is 5.60. The highest BCUT2D eigenvalue weighted by Gasteiger charge is 2.28. The number of piperidine rings is 1. The summed E-state index contributed by atoms with van der Waals surface area (Å²) in [6, 6.07) is 10.7. The number of hydrogen-bond acceptors (Lipinski definition) is 6. The Balaban J connectivity index is 1.37. The summed E-state index contributed by atoms with van der Waals surface area (Å²) in [5.74, 6) is 1.05. The maximum absolute atomic E-state index is 12.8. The summed E-state index contributed by atoms with van der Waals surface area (Å²) in [5.41, 5.74) is 2.75. The van der Waals surface area contributed by atoms with Crippen molar-refractivity contribution in [2.75, 3.05) is 32.5 Å². The quantitative estimate of drug-likeness (QED) is 0.673. The van der Waals surface area contributed by atoms with E-state index in [2.05, 4.69) is 20.4 Å². The molecule has 166 valence electrons. The van der Waals surface area contributed by atoms with Crippen LogP contribution in [0.3, 0.4) is 0 Å². The van der Waals surface area contributed by atoms with Crippen molar-refractivity contribution < 1.29 is 14.1 Å². The number of hydrogen-bond donors (Lipinski definition) is 1. The summed E-state index contributed by atoms with van der Waals surface area (Å²) in [6.07, 6.45) is 3.15. The molecular formula is C23H26N6O3. The van der Waals surface area contributed by atoms with Crippen molar-refractivity contribution in [3.8, 4) is 11.5 Å². The molecule has 1 aliphatic rings. The van der Waals surface area contributed by atoms with Crippen LogP contribution in [-0.4, -0.2) is 64.0 Å². The molecule has 0 spiro atoms. The molecule has 3 amide bonds. The van der Waals surface area contributed by atoms with Gasteiger partial charge in [-0.2, -0.15) is 4.98 Å². The van der Waals surface area contributed by atoms with Gasteiger partial charge in [-0.05, 0) is 49.6 Å². The maximum Gasteiger partial charge on any atom is 0.321 e. The van der Waals surface area contributed by atoms with Crippen molar-refractivity contribution in [2.45, 2.75) is 25.7 Å². The zero-order valence-electron chi connectivity index (χ0n) is 18.4. The van der Waals surface area contributed by atoms with Gasteiger partial charge in [0.2, 0.25) is 11.7 Å². The molecule has 9 nitrogen and oxygen atoms in total. The van der Waals surface area contributed by atoms with E-state index in [9.17, 15) is 9.59 Å². The molecule has 0 aliphatic carbocycles. The molecule has 1 N–H and O–H groups in total. The minimum absolute atomic E-state index is 0.104. The predicted molar refractivity (Wildman–Crippen MR) is 119 cm³/mol. The Bertz CT molecular complexity index is 1100. The Morgan fingerprint density at radius 2 is 1.94 bits per heavy atom. The molecule has 0 bridgehead atoms. The lowest BCUT2D eigenvalue weighted by Crippen LogP contribution is -2.40. The number of pyridine rings is 1. The molecule has 1 fully saturated rings. The number of amides is 3. The maximum atomic E-state index is 12.8. The number of nitrogens with zero attached hydrogens (tertiary/aromatic N) is 5. The van der Waals surface area contributed by atoms with Crippen molar-refractivity contribution in [3.05, 3.63) is 59.6 Å². The summed E-state index contributed by atoms with van der Waals surface area (Å²) in [7, 11) is 3.40. The summed E-state index contributed by atoms with van der Waals surface area (Å²) in [4.78, 5) is 37.1. The van der Waals surface area contributed by atoms with E-state index in [0.29, 0.717) is 41.7 Å². The number of carbonyl (C=O) groups excluding carboxylic acids is 2. The molecule has 3 heterocycles. The molecule has 0 saturated carbocycles. The molecule has 32 heavy (non-hydrogen) atoms. The first-order chi connectivity index (χ1) is 15.4. The van der Waals surface area contributed by atoms with Crippen LogP contribution in [0.1, 0.15) is 40.6 Å². The average Bonchev–Trinajstić information content (AvgIpc) is 3.31. The summed E-state index contributed by atoms with van der Waals surface area (Å²) in [6.45, 7) is 3.06. The number of benzene rings is 1. The van der Waals surface area contributed by atoms with Gasteiger partial charge in [0, 0.05) is 50.6 Å². The Labute approximate surface area is 186 Å². The fraction of sp³-hybridized carbons (Fsp3) is 0.348. The van der Waals surface area contributed by atoms with Crippen LogP contribution >= 0.6 is 0 Å². The minimum atomic E-state index is -0.180. The second kappa shape index (κ2) is 9.17. The SMILES string of the molecule is Cc1ccc(C(=O)N(C)C)cc1NC(=O)N1CCC(c2nc(-c3ccccn3)no2)CC1. The first-order valence-electron chi connectivity index (χ1n) is 10.6. The molecule has 9 heteroatoms. The monoisotopic (exact) mass is 434 g/mol. The molecule has 4 rings (SSSR count). The first kappa shape index (κ1) is 21.5. The zero-order chi connectivity index (χ0) is 22.7. The van der Waals surface area contributed by atoms with Crippen LogP contribution in [0.4, 0.5) is 10.5 Å². The van der Waals surface area contributed by atoms with Gasteiger partial charge >= 0.3 is 6.03 Å². The molecule has 0 atom stereocenters. The highest BCUT2D eigenvalue weighted by molar-refractivity contribution is 5.97. The number of rotatable bonds is 4. The van der Waals surface area contributed by atoms with Crippen molar-refractivity contribution in [2.24, 2.45) is 0 Å². The van der Waals surface area contributed by atoms with Crippen molar-refractivity contribution in [1.82, 2.24) is 24.9 Å². The van der Waals surface area contributed by atoms with Gasteiger partial charge in [0.25, 0.3) is 5.91 Å². The third-order valence-corrected chi connectivity index (χ3v) is 5.60. The van der Waals surface area contributed by atoms with Gasteiger partial charge in [-0.25, -0.2) is 4.79 Å². The van der Waals surface area contributed by atoms with Gasteiger partial charge in [-0.3, -0.25) is 9.78 Å². The normalized spacial score (nSPS) is 14.3. The topological polar surface area (TPSA) is 104 Å². The van der Waals surface area contributed by atoms with E-state index in [1.54, 1.807) is 37.3 Å². The molecule has 1 aromatic carbocycles. The first-order valence-corrected chi connectivity index (χ1v) is 10.6. The Morgan fingerprint density at radius 1 is 1.16 bits per heavy atom. The molecule has 0 unspecified atom stereocenters. The van der Waals surface area contributed by atoms with Crippen molar-refractivity contribution >= 4 is 17.6 Å². The van der Waals surface area contributed by atoms with Crippen LogP contribution in [-0.2, 0) is 0 Å². The van der Waals surface area contributed by atoms with E-state index >= 15 is 0 Å². The van der Waals surface area contributed by atoms with Gasteiger partial charge in [0.15, 0.2) is 0 Å². The summed E-state index contributed by atoms with van der Waals surface area (Å²) < 4.78 is 5.46. The molecule has 1 aliphatic heterocycles. The largest absolute Gasteiger partial charge is 0.345 e. The Kier molecular flexibility index (Phi) is 6.16. The zero-order valence-corrected chi connectivity index (χ0v) is 18.4. The number of aromatic nitrogens is 3. The lowest BCUT2D eigenvalue weighted by atomic mass is 9.97. The molecular weight excluding hydrogens is 408 g/mol. The van der Waals surface area contributed by atoms with Crippen LogP contribution in [0.25, 0.3) is 11.5 Å². The van der Waals surface area contributed by atoms with Crippen molar-refractivity contribution in [3.63, 3.8) is 0 Å². The Hall–Kier alpha value is -3.75. The van der Waals surface area contributed by atoms with Gasteiger partial charge in [0.1, 0.15) is 5.69 Å². The van der Waals surface area contributed by atoms with Crippen LogP contribution in [0, 0.1) is 6.92 Å². The van der Waals surface area contributed by atoms with Crippen LogP contribution < -0.4 is 5.32 Å². The average molecular weight is 435 g/mol. The molecule has 1 saturated heterocycles. The van der Waals surface area contributed by atoms with Gasteiger partial charge in [0.05, 0.1) is 0 Å². The lowest BCUT2D eigenvalue weighted by Gasteiger charge is -2.30. The predicted octanol–water partition coefficient (Wildman–Crippen LogP) is 3.55. The standard InChI is InChI=1S/C23H26N6O3/c1-15-7-8-17(22(30)28(2)3)14-19(15)25-23(31)29-12-9-16(10-13-29)21-26-20(27-32-21)18-6-4-5-11-24-18/h4-8,11,14,16H,9-10,12-13H2,1-3H3,(H,25,31). The number of anilines is 1. The number of urea groups is 1. The Morgan fingerprint density at radius 3 is 2.62 bits per heavy atom. The number of likely N-dealkylation sites (tertiary alicyclic amines) is 1. The van der Waals surface area contributed by atoms with Crippen LogP contribution in [0.5, 0.6) is 0 Å². The molecule has 3 aromatic rings. The van der Waals surface area contributed by atoms with E-state index < -0.39 is 0 Å². The van der Waals surface area contributed by atoms with E-state index in [1.807, 2.05) is 31.2 Å². The molecule has 0 radical (unpaired) electrons. The number of nitrogens with one attached hydrogen (secondary N) is 1. The highest BCUT2D eigenvalue weighted by Crippen LogP contribution is 2.28. The number of aryl methyl sites for hydroxylation is 1. The van der Waals surface area contributed by atoms with E-state index in [-0.39, 0.29) is 17.9 Å². The van der Waals surface area contributed by atoms with Gasteiger partial charge < -0.3 is 19.6 Å².